The van der Waals surface area contributed by atoms with Crippen molar-refractivity contribution >= 4 is 40.6 Å². The molecule has 1 heterocycles. The second-order valence-electron chi connectivity index (χ2n) is 7.44. The molecule has 7 nitrogen and oxygen atoms in total. The van der Waals surface area contributed by atoms with Crippen LogP contribution in [0.15, 0.2) is 47.4 Å². The molecule has 32 heavy (non-hydrogen) atoms. The summed E-state index contributed by atoms with van der Waals surface area (Å²) in [5.74, 6) is 0.574. The zero-order chi connectivity index (χ0) is 23.3. The molecule has 0 aromatic heterocycles. The van der Waals surface area contributed by atoms with E-state index in [1.807, 2.05) is 19.1 Å². The molecule has 0 bridgehead atoms. The third-order valence-corrected chi connectivity index (χ3v) is 5.73. The highest BCUT2D eigenvalue weighted by Gasteiger charge is 2.36. The van der Waals surface area contributed by atoms with Gasteiger partial charge in [-0.05, 0) is 66.1 Å². The van der Waals surface area contributed by atoms with E-state index < -0.39 is 17.1 Å². The molecule has 0 saturated carbocycles. The molecular formula is C24H26N2O5S. The van der Waals surface area contributed by atoms with Gasteiger partial charge in [0.15, 0.2) is 11.5 Å². The summed E-state index contributed by atoms with van der Waals surface area (Å²) < 4.78 is 10.8. The lowest BCUT2D eigenvalue weighted by Gasteiger charge is -2.13. The zero-order valence-corrected chi connectivity index (χ0v) is 19.3. The third-order valence-electron chi connectivity index (χ3n) is 4.82. The summed E-state index contributed by atoms with van der Waals surface area (Å²) in [5.41, 5.74) is 2.46. The predicted octanol–water partition coefficient (Wildman–Crippen LogP) is 4.89. The van der Waals surface area contributed by atoms with Crippen LogP contribution in [0.2, 0.25) is 0 Å². The van der Waals surface area contributed by atoms with E-state index >= 15 is 0 Å². The first-order valence-electron chi connectivity index (χ1n) is 10.3. The minimum absolute atomic E-state index is 0.246. The van der Waals surface area contributed by atoms with Crippen LogP contribution in [0.25, 0.3) is 6.08 Å². The second kappa shape index (κ2) is 10.4. The topological polar surface area (TPSA) is 84.9 Å². The monoisotopic (exact) mass is 454 g/mol. The SMILES string of the molecule is CCOc1ccc(/C=C2/SC(=O)N(CC(=O)Nc3ccc(C(C)C)cc3)C2=O)cc1OC. The highest BCUT2D eigenvalue weighted by molar-refractivity contribution is 8.18. The summed E-state index contributed by atoms with van der Waals surface area (Å²) in [5, 5.41) is 2.25. The van der Waals surface area contributed by atoms with Gasteiger partial charge in [-0.1, -0.05) is 32.0 Å². The Kier molecular flexibility index (Phi) is 7.58. The number of imide groups is 1. The minimum atomic E-state index is -0.502. The molecule has 0 spiro atoms. The van der Waals surface area contributed by atoms with E-state index in [1.165, 1.54) is 7.11 Å². The van der Waals surface area contributed by atoms with Crippen LogP contribution in [-0.2, 0) is 9.59 Å². The van der Waals surface area contributed by atoms with Crippen molar-refractivity contribution in [2.75, 3.05) is 25.6 Å². The van der Waals surface area contributed by atoms with Gasteiger partial charge in [-0.2, -0.15) is 0 Å². The fourth-order valence-electron chi connectivity index (χ4n) is 3.13. The van der Waals surface area contributed by atoms with Crippen molar-refractivity contribution in [3.63, 3.8) is 0 Å². The van der Waals surface area contributed by atoms with Crippen LogP contribution in [-0.4, -0.2) is 42.2 Å². The largest absolute Gasteiger partial charge is 0.493 e. The van der Waals surface area contributed by atoms with Crippen molar-refractivity contribution < 1.29 is 23.9 Å². The number of anilines is 1. The lowest BCUT2D eigenvalue weighted by atomic mass is 10.0. The number of methoxy groups -OCH3 is 1. The number of carbonyl (C=O) groups is 3. The fraction of sp³-hybridized carbons (Fsp3) is 0.292. The van der Waals surface area contributed by atoms with Crippen LogP contribution in [0.4, 0.5) is 10.5 Å². The first-order valence-corrected chi connectivity index (χ1v) is 11.1. The molecule has 3 amide bonds. The Labute approximate surface area is 191 Å². The predicted molar refractivity (Wildman–Crippen MR) is 126 cm³/mol. The molecule has 2 aromatic carbocycles. The van der Waals surface area contributed by atoms with Gasteiger partial charge in [0.1, 0.15) is 6.54 Å². The van der Waals surface area contributed by atoms with Crippen LogP contribution in [0.1, 0.15) is 37.8 Å². The molecule has 8 heteroatoms. The normalized spacial score (nSPS) is 14.9. The lowest BCUT2D eigenvalue weighted by Crippen LogP contribution is -2.36. The van der Waals surface area contributed by atoms with E-state index in [0.717, 1.165) is 22.2 Å². The molecule has 1 aliphatic heterocycles. The summed E-state index contributed by atoms with van der Waals surface area (Å²) in [7, 11) is 1.53. The van der Waals surface area contributed by atoms with Crippen molar-refractivity contribution in [3.8, 4) is 11.5 Å². The Morgan fingerprint density at radius 1 is 1.12 bits per heavy atom. The number of carbonyl (C=O) groups excluding carboxylic acids is 3. The van der Waals surface area contributed by atoms with E-state index in [2.05, 4.69) is 19.2 Å². The number of benzene rings is 2. The molecule has 0 atom stereocenters. The first-order chi connectivity index (χ1) is 15.3. The Hall–Kier alpha value is -3.26. The average molecular weight is 455 g/mol. The second-order valence-corrected chi connectivity index (χ2v) is 8.43. The number of hydrogen-bond acceptors (Lipinski definition) is 6. The van der Waals surface area contributed by atoms with Crippen LogP contribution in [0.5, 0.6) is 11.5 Å². The molecule has 0 aliphatic carbocycles. The standard InChI is InChI=1S/C24H26N2O5S/c1-5-31-19-11-6-16(12-20(19)30-4)13-21-23(28)26(24(29)32-21)14-22(27)25-18-9-7-17(8-10-18)15(2)3/h6-13,15H,5,14H2,1-4H3,(H,25,27)/b21-13+. The molecule has 1 aliphatic rings. The quantitative estimate of drug-likeness (QED) is 0.572. The van der Waals surface area contributed by atoms with Crippen molar-refractivity contribution in [2.24, 2.45) is 0 Å². The van der Waals surface area contributed by atoms with Crippen LogP contribution < -0.4 is 14.8 Å². The van der Waals surface area contributed by atoms with Gasteiger partial charge in [-0.3, -0.25) is 19.3 Å². The van der Waals surface area contributed by atoms with E-state index in [4.69, 9.17) is 9.47 Å². The Bertz CT molecular complexity index is 1050. The number of thioether (sulfide) groups is 1. The summed E-state index contributed by atoms with van der Waals surface area (Å²) >= 11 is 0.804. The van der Waals surface area contributed by atoms with Crippen LogP contribution in [0.3, 0.4) is 0 Å². The van der Waals surface area contributed by atoms with Gasteiger partial charge in [-0.25, -0.2) is 0 Å². The van der Waals surface area contributed by atoms with E-state index in [-0.39, 0.29) is 11.4 Å². The first kappa shape index (κ1) is 23.4. The van der Waals surface area contributed by atoms with Gasteiger partial charge in [0.2, 0.25) is 5.91 Å². The minimum Gasteiger partial charge on any atom is -0.493 e. The van der Waals surface area contributed by atoms with Crippen LogP contribution in [0, 0.1) is 0 Å². The molecule has 1 fully saturated rings. The van der Waals surface area contributed by atoms with Crippen molar-refractivity contribution in [1.29, 1.82) is 0 Å². The van der Waals surface area contributed by atoms with Crippen LogP contribution >= 0.6 is 11.8 Å². The van der Waals surface area contributed by atoms with Gasteiger partial charge in [0.05, 0.1) is 18.6 Å². The highest BCUT2D eigenvalue weighted by Crippen LogP contribution is 2.34. The third kappa shape index (κ3) is 5.50. The molecule has 1 N–H and O–H groups in total. The van der Waals surface area contributed by atoms with Gasteiger partial charge >= 0.3 is 0 Å². The molecule has 1 saturated heterocycles. The number of rotatable bonds is 8. The summed E-state index contributed by atoms with van der Waals surface area (Å²) in [6.07, 6.45) is 1.60. The molecule has 0 radical (unpaired) electrons. The van der Waals surface area contributed by atoms with Crippen molar-refractivity contribution in [1.82, 2.24) is 4.90 Å². The zero-order valence-electron chi connectivity index (χ0n) is 18.5. The number of nitrogens with zero attached hydrogens (tertiary/aromatic N) is 1. The Morgan fingerprint density at radius 2 is 1.84 bits per heavy atom. The Morgan fingerprint density at radius 3 is 2.47 bits per heavy atom. The Balaban J connectivity index is 1.68. The van der Waals surface area contributed by atoms with E-state index in [1.54, 1.807) is 36.4 Å². The van der Waals surface area contributed by atoms with E-state index in [9.17, 15) is 14.4 Å². The van der Waals surface area contributed by atoms with Gasteiger partial charge in [0.25, 0.3) is 11.1 Å². The average Bonchev–Trinajstić information content (AvgIpc) is 3.02. The number of ether oxygens (including phenoxy) is 2. The van der Waals surface area contributed by atoms with Crippen molar-refractivity contribution in [3.05, 3.63) is 58.5 Å². The molecular weight excluding hydrogens is 428 g/mol. The molecule has 3 rings (SSSR count). The van der Waals surface area contributed by atoms with Gasteiger partial charge < -0.3 is 14.8 Å². The summed E-state index contributed by atoms with van der Waals surface area (Å²) in [4.78, 5) is 38.7. The molecule has 168 valence electrons. The van der Waals surface area contributed by atoms with Crippen molar-refractivity contribution in [2.45, 2.75) is 26.7 Å². The number of hydrogen-bond donors (Lipinski definition) is 1. The maximum absolute atomic E-state index is 12.7. The number of nitrogens with one attached hydrogen (secondary N) is 1. The fourth-order valence-corrected chi connectivity index (χ4v) is 3.97. The van der Waals surface area contributed by atoms with Gasteiger partial charge in [-0.15, -0.1) is 0 Å². The van der Waals surface area contributed by atoms with Gasteiger partial charge in [0, 0.05) is 5.69 Å². The molecule has 0 unspecified atom stereocenters. The van der Waals surface area contributed by atoms with E-state index in [0.29, 0.717) is 35.3 Å². The summed E-state index contributed by atoms with van der Waals surface area (Å²) in [6.45, 7) is 6.20. The number of amides is 3. The maximum atomic E-state index is 12.7. The summed E-state index contributed by atoms with van der Waals surface area (Å²) in [6, 6.07) is 12.7. The highest BCUT2D eigenvalue weighted by atomic mass is 32.2. The lowest BCUT2D eigenvalue weighted by molar-refractivity contribution is -0.127. The maximum Gasteiger partial charge on any atom is 0.294 e. The smallest absolute Gasteiger partial charge is 0.294 e. The molecule has 2 aromatic rings.